The van der Waals surface area contributed by atoms with Crippen LogP contribution in [0, 0.1) is 13.8 Å². The smallest absolute Gasteiger partial charge is 0.341 e. The third kappa shape index (κ3) is 6.95. The van der Waals surface area contributed by atoms with Gasteiger partial charge >= 0.3 is 5.97 Å². The number of para-hydroxylation sites is 1. The van der Waals surface area contributed by atoms with Gasteiger partial charge in [-0.25, -0.2) is 10.2 Å². The van der Waals surface area contributed by atoms with E-state index in [0.29, 0.717) is 27.6 Å². The molecule has 0 aliphatic carbocycles. The number of nitrogens with zero attached hydrogens (tertiary/aromatic N) is 1. The van der Waals surface area contributed by atoms with Gasteiger partial charge in [0.1, 0.15) is 16.5 Å². The number of thiophene rings is 1. The Morgan fingerprint density at radius 3 is 2.46 bits per heavy atom. The van der Waals surface area contributed by atoms with Gasteiger partial charge in [-0.15, -0.1) is 11.3 Å². The molecule has 0 fully saturated rings. The molecule has 0 saturated carbocycles. The molecule has 0 saturated heterocycles. The van der Waals surface area contributed by atoms with Crippen molar-refractivity contribution in [3.8, 4) is 11.5 Å². The lowest BCUT2D eigenvalue weighted by atomic mass is 10.1. The van der Waals surface area contributed by atoms with E-state index in [1.807, 2.05) is 32.0 Å². The highest BCUT2D eigenvalue weighted by molar-refractivity contribution is 7.16. The first-order valence-electron chi connectivity index (χ1n) is 11.6. The van der Waals surface area contributed by atoms with Crippen LogP contribution in [0.15, 0.2) is 53.6 Å². The molecule has 1 heterocycles. The van der Waals surface area contributed by atoms with Crippen molar-refractivity contribution in [1.82, 2.24) is 5.43 Å². The van der Waals surface area contributed by atoms with Crippen LogP contribution in [0.1, 0.15) is 50.6 Å². The number of carbonyl (C=O) groups excluding carboxylic acids is 3. The number of carbonyl (C=O) groups is 3. The molecule has 1 aromatic heterocycles. The summed E-state index contributed by atoms with van der Waals surface area (Å²) in [6.45, 7) is 7.26. The van der Waals surface area contributed by atoms with Crippen molar-refractivity contribution < 1.29 is 28.6 Å². The zero-order chi connectivity index (χ0) is 26.9. The zero-order valence-electron chi connectivity index (χ0n) is 21.3. The minimum atomic E-state index is -0.835. The molecule has 9 nitrogen and oxygen atoms in total. The van der Waals surface area contributed by atoms with E-state index in [9.17, 15) is 14.4 Å². The minimum absolute atomic E-state index is 0.243. The Morgan fingerprint density at radius 1 is 1.08 bits per heavy atom. The van der Waals surface area contributed by atoms with Crippen molar-refractivity contribution in [3.63, 3.8) is 0 Å². The Hall–Kier alpha value is -4.18. The van der Waals surface area contributed by atoms with Crippen molar-refractivity contribution >= 4 is 40.3 Å². The van der Waals surface area contributed by atoms with Gasteiger partial charge in [-0.3, -0.25) is 9.59 Å². The summed E-state index contributed by atoms with van der Waals surface area (Å²) in [5.41, 5.74) is 4.67. The number of hydrogen-bond donors (Lipinski definition) is 2. The van der Waals surface area contributed by atoms with Crippen LogP contribution in [0.25, 0.3) is 0 Å². The van der Waals surface area contributed by atoms with Crippen molar-refractivity contribution in [2.75, 3.05) is 19.0 Å². The average molecular weight is 524 g/mol. The zero-order valence-corrected chi connectivity index (χ0v) is 22.1. The number of nitrogens with one attached hydrogen (secondary N) is 2. The summed E-state index contributed by atoms with van der Waals surface area (Å²) in [5, 5.41) is 7.20. The van der Waals surface area contributed by atoms with Gasteiger partial charge in [0.15, 0.2) is 6.10 Å². The lowest BCUT2D eigenvalue weighted by Crippen LogP contribution is -2.33. The van der Waals surface area contributed by atoms with Crippen LogP contribution in [0.5, 0.6) is 11.5 Å². The number of amides is 2. The van der Waals surface area contributed by atoms with Crippen molar-refractivity contribution in [2.45, 2.75) is 33.8 Å². The summed E-state index contributed by atoms with van der Waals surface area (Å²) in [6.07, 6.45) is 0.652. The molecule has 194 valence electrons. The summed E-state index contributed by atoms with van der Waals surface area (Å²) in [5.74, 6) is -0.251. The molecule has 1 atom stereocenters. The van der Waals surface area contributed by atoms with E-state index < -0.39 is 18.0 Å². The number of aryl methyl sites for hydroxylation is 1. The molecular weight excluding hydrogens is 494 g/mol. The van der Waals surface area contributed by atoms with E-state index in [1.54, 1.807) is 51.3 Å². The fourth-order valence-electron chi connectivity index (χ4n) is 3.31. The monoisotopic (exact) mass is 523 g/mol. The predicted octanol–water partition coefficient (Wildman–Crippen LogP) is 4.72. The number of methoxy groups -OCH3 is 1. The molecular formula is C27H29N3O6S. The highest BCUT2D eigenvalue weighted by atomic mass is 32.1. The minimum Gasteiger partial charge on any atom is -0.496 e. The van der Waals surface area contributed by atoms with Crippen LogP contribution in [0.4, 0.5) is 5.00 Å². The standard InChI is InChI=1S/C27H29N3O6S/c1-6-35-27(33)23-16(2)18(4)37-26(23)29-25(32)19-11-13-21(14-12-19)36-17(3)24(31)30-28-15-20-9-7-8-10-22(20)34-5/h7-15,17H,6H2,1-5H3,(H,29,32)(H,30,31). The van der Waals surface area contributed by atoms with E-state index >= 15 is 0 Å². The van der Waals surface area contributed by atoms with Crippen LogP contribution in [-0.4, -0.2) is 43.8 Å². The summed E-state index contributed by atoms with van der Waals surface area (Å²) in [4.78, 5) is 38.4. The molecule has 0 aliphatic rings. The quantitative estimate of drug-likeness (QED) is 0.226. The number of ether oxygens (including phenoxy) is 3. The van der Waals surface area contributed by atoms with E-state index in [2.05, 4.69) is 15.8 Å². The predicted molar refractivity (Wildman–Crippen MR) is 143 cm³/mol. The van der Waals surface area contributed by atoms with Crippen LogP contribution in [0.2, 0.25) is 0 Å². The number of hydrogen-bond acceptors (Lipinski definition) is 8. The van der Waals surface area contributed by atoms with Crippen molar-refractivity contribution in [3.05, 3.63) is 75.7 Å². The topological polar surface area (TPSA) is 115 Å². The molecule has 0 bridgehead atoms. The number of anilines is 1. The first kappa shape index (κ1) is 27.4. The number of benzene rings is 2. The lowest BCUT2D eigenvalue weighted by molar-refractivity contribution is -0.127. The second-order valence-corrected chi connectivity index (χ2v) is 9.15. The number of rotatable bonds is 10. The molecule has 10 heteroatoms. The normalized spacial score (nSPS) is 11.6. The molecule has 0 radical (unpaired) electrons. The first-order valence-corrected chi connectivity index (χ1v) is 12.4. The molecule has 2 N–H and O–H groups in total. The maximum Gasteiger partial charge on any atom is 0.341 e. The van der Waals surface area contributed by atoms with E-state index in [0.717, 1.165) is 16.0 Å². The molecule has 0 spiro atoms. The Kier molecular flexibility index (Phi) is 9.39. The highest BCUT2D eigenvalue weighted by Gasteiger charge is 2.22. The summed E-state index contributed by atoms with van der Waals surface area (Å²) >= 11 is 1.32. The largest absolute Gasteiger partial charge is 0.496 e. The summed E-state index contributed by atoms with van der Waals surface area (Å²) in [7, 11) is 1.56. The van der Waals surface area contributed by atoms with Gasteiger partial charge in [0.05, 0.1) is 25.5 Å². The second-order valence-electron chi connectivity index (χ2n) is 7.92. The lowest BCUT2D eigenvalue weighted by Gasteiger charge is -2.13. The van der Waals surface area contributed by atoms with Gasteiger partial charge in [0.2, 0.25) is 0 Å². The average Bonchev–Trinajstić information content (AvgIpc) is 3.17. The SMILES string of the molecule is CCOC(=O)c1c(NC(=O)c2ccc(OC(C)C(=O)NN=Cc3ccccc3OC)cc2)sc(C)c1C. The molecule has 0 aliphatic heterocycles. The third-order valence-electron chi connectivity index (χ3n) is 5.41. The summed E-state index contributed by atoms with van der Waals surface area (Å²) < 4.78 is 16.0. The molecule has 3 aromatic rings. The van der Waals surface area contributed by atoms with Crippen molar-refractivity contribution in [2.24, 2.45) is 5.10 Å². The Morgan fingerprint density at radius 2 is 1.78 bits per heavy atom. The molecule has 37 heavy (non-hydrogen) atoms. The Labute approximate surface area is 219 Å². The fourth-order valence-corrected chi connectivity index (χ4v) is 4.35. The van der Waals surface area contributed by atoms with Gasteiger partial charge in [0.25, 0.3) is 11.8 Å². The van der Waals surface area contributed by atoms with Gasteiger partial charge in [0, 0.05) is 16.0 Å². The van der Waals surface area contributed by atoms with Gasteiger partial charge in [-0.1, -0.05) is 12.1 Å². The molecule has 2 amide bonds. The number of esters is 1. The Balaban J connectivity index is 1.59. The summed E-state index contributed by atoms with van der Waals surface area (Å²) in [6, 6.07) is 13.6. The highest BCUT2D eigenvalue weighted by Crippen LogP contribution is 2.33. The van der Waals surface area contributed by atoms with Gasteiger partial charge in [-0.05, 0) is 69.7 Å². The maximum absolute atomic E-state index is 12.8. The third-order valence-corrected chi connectivity index (χ3v) is 6.53. The van der Waals surface area contributed by atoms with Crippen molar-refractivity contribution in [1.29, 1.82) is 0 Å². The molecule has 1 unspecified atom stereocenters. The van der Waals surface area contributed by atoms with Gasteiger partial charge < -0.3 is 19.5 Å². The first-order chi connectivity index (χ1) is 17.7. The van der Waals surface area contributed by atoms with E-state index in [4.69, 9.17) is 14.2 Å². The van der Waals surface area contributed by atoms with Gasteiger partial charge in [-0.2, -0.15) is 5.10 Å². The second kappa shape index (κ2) is 12.7. The van der Waals surface area contributed by atoms with Crippen LogP contribution in [0.3, 0.4) is 0 Å². The molecule has 2 aromatic carbocycles. The van der Waals surface area contributed by atoms with Crippen LogP contribution < -0.4 is 20.2 Å². The van der Waals surface area contributed by atoms with Crippen LogP contribution >= 0.6 is 11.3 Å². The maximum atomic E-state index is 12.8. The number of hydrazone groups is 1. The van der Waals surface area contributed by atoms with Crippen LogP contribution in [-0.2, 0) is 9.53 Å². The molecule has 3 rings (SSSR count). The fraction of sp³-hybridized carbons (Fsp3) is 0.259. The Bertz CT molecular complexity index is 1300. The van der Waals surface area contributed by atoms with E-state index in [1.165, 1.54) is 17.6 Å². The van der Waals surface area contributed by atoms with E-state index in [-0.39, 0.29) is 12.5 Å².